The number of pyridine rings is 1. The first-order valence-corrected chi connectivity index (χ1v) is 9.18. The number of ketones is 1. The van der Waals surface area contributed by atoms with Crippen molar-refractivity contribution >= 4 is 28.8 Å². The minimum Gasteiger partial charge on any atom is -0.385 e. The van der Waals surface area contributed by atoms with Crippen LogP contribution in [-0.4, -0.2) is 47.2 Å². The molecule has 150 valence electrons. The highest BCUT2D eigenvalue weighted by atomic mass is 16.5. The standard InChI is InChI=1S/C21H22N4O4/c1-14(26)15-7-5-8-16(13-15)23-20(27)18-17-9-3-4-11-25(17)19(24-18)21(28)22-10-6-12-29-2/h3-5,7-9,11,13H,6,10,12H2,1-2H3,(H,22,28)(H,23,27). The minimum atomic E-state index is -0.465. The Morgan fingerprint density at radius 2 is 1.93 bits per heavy atom. The first-order chi connectivity index (χ1) is 14.0. The number of nitrogens with zero attached hydrogens (tertiary/aromatic N) is 2. The second kappa shape index (κ2) is 9.11. The smallest absolute Gasteiger partial charge is 0.287 e. The number of nitrogens with one attached hydrogen (secondary N) is 2. The van der Waals surface area contributed by atoms with Crippen molar-refractivity contribution in [1.82, 2.24) is 14.7 Å². The molecule has 2 amide bonds. The molecule has 0 unspecified atom stereocenters. The maximum absolute atomic E-state index is 12.8. The van der Waals surface area contributed by atoms with E-state index in [0.29, 0.717) is 36.3 Å². The van der Waals surface area contributed by atoms with Gasteiger partial charge >= 0.3 is 0 Å². The maximum atomic E-state index is 12.8. The number of Topliss-reactive ketones (excluding diaryl/α,β-unsaturated/α-hetero) is 1. The predicted molar refractivity (Wildman–Crippen MR) is 108 cm³/mol. The summed E-state index contributed by atoms with van der Waals surface area (Å²) in [6.45, 7) is 2.44. The summed E-state index contributed by atoms with van der Waals surface area (Å²) in [7, 11) is 1.60. The van der Waals surface area contributed by atoms with Crippen LogP contribution in [0.2, 0.25) is 0 Å². The largest absolute Gasteiger partial charge is 0.385 e. The van der Waals surface area contributed by atoms with Crippen molar-refractivity contribution in [2.24, 2.45) is 0 Å². The molecule has 3 aromatic rings. The molecule has 0 atom stereocenters. The van der Waals surface area contributed by atoms with Crippen LogP contribution < -0.4 is 10.6 Å². The molecular formula is C21H22N4O4. The molecule has 2 heterocycles. The van der Waals surface area contributed by atoms with Crippen molar-refractivity contribution in [3.63, 3.8) is 0 Å². The van der Waals surface area contributed by atoms with E-state index in [-0.39, 0.29) is 23.2 Å². The predicted octanol–water partition coefficient (Wildman–Crippen LogP) is 2.56. The van der Waals surface area contributed by atoms with Crippen LogP contribution in [0, 0.1) is 0 Å². The van der Waals surface area contributed by atoms with E-state index < -0.39 is 5.91 Å². The van der Waals surface area contributed by atoms with Gasteiger partial charge in [0.15, 0.2) is 11.5 Å². The molecule has 0 saturated carbocycles. The number of benzene rings is 1. The highest BCUT2D eigenvalue weighted by molar-refractivity contribution is 6.09. The van der Waals surface area contributed by atoms with Crippen molar-refractivity contribution in [2.75, 3.05) is 25.6 Å². The summed E-state index contributed by atoms with van der Waals surface area (Å²) in [6, 6.07) is 11.9. The van der Waals surface area contributed by atoms with E-state index in [0.717, 1.165) is 0 Å². The van der Waals surface area contributed by atoms with Crippen LogP contribution in [0.4, 0.5) is 5.69 Å². The number of anilines is 1. The third kappa shape index (κ3) is 4.67. The third-order valence-electron chi connectivity index (χ3n) is 4.30. The number of ether oxygens (including phenoxy) is 1. The summed E-state index contributed by atoms with van der Waals surface area (Å²) in [5, 5.41) is 5.52. The number of hydrogen-bond acceptors (Lipinski definition) is 5. The van der Waals surface area contributed by atoms with Crippen LogP contribution in [0.25, 0.3) is 5.52 Å². The highest BCUT2D eigenvalue weighted by Crippen LogP contribution is 2.17. The van der Waals surface area contributed by atoms with Crippen LogP contribution >= 0.6 is 0 Å². The number of carbonyl (C=O) groups excluding carboxylic acids is 3. The number of rotatable bonds is 8. The molecule has 0 bridgehead atoms. The van der Waals surface area contributed by atoms with Gasteiger partial charge < -0.3 is 15.4 Å². The molecular weight excluding hydrogens is 372 g/mol. The van der Waals surface area contributed by atoms with Gasteiger partial charge in [0.25, 0.3) is 11.8 Å². The Morgan fingerprint density at radius 1 is 1.10 bits per heavy atom. The average molecular weight is 394 g/mol. The van der Waals surface area contributed by atoms with E-state index in [9.17, 15) is 14.4 Å². The molecule has 3 rings (SSSR count). The SMILES string of the molecule is COCCCNC(=O)c1nc(C(=O)Nc2cccc(C(C)=O)c2)c2ccccn12. The molecule has 1 aromatic carbocycles. The fourth-order valence-electron chi connectivity index (χ4n) is 2.87. The van der Waals surface area contributed by atoms with Gasteiger partial charge in [-0.1, -0.05) is 18.2 Å². The number of imidazole rings is 1. The normalized spacial score (nSPS) is 10.7. The van der Waals surface area contributed by atoms with Crippen LogP contribution in [0.15, 0.2) is 48.7 Å². The number of aromatic nitrogens is 2. The molecule has 0 aliphatic rings. The molecule has 8 heteroatoms. The van der Waals surface area contributed by atoms with Crippen LogP contribution in [0.5, 0.6) is 0 Å². The van der Waals surface area contributed by atoms with Gasteiger partial charge in [-0.15, -0.1) is 0 Å². The Kier molecular flexibility index (Phi) is 6.36. The first-order valence-electron chi connectivity index (χ1n) is 9.18. The Labute approximate surface area is 167 Å². The third-order valence-corrected chi connectivity index (χ3v) is 4.30. The first kappa shape index (κ1) is 20.2. The Bertz CT molecular complexity index is 1060. The Balaban J connectivity index is 1.86. The molecule has 0 radical (unpaired) electrons. The number of amides is 2. The lowest BCUT2D eigenvalue weighted by molar-refractivity contribution is 0.0936. The van der Waals surface area contributed by atoms with E-state index in [4.69, 9.17) is 4.74 Å². The summed E-state index contributed by atoms with van der Waals surface area (Å²) in [4.78, 5) is 41.2. The fourth-order valence-corrected chi connectivity index (χ4v) is 2.87. The number of carbonyl (C=O) groups is 3. The fraction of sp³-hybridized carbons (Fsp3) is 0.238. The zero-order valence-electron chi connectivity index (χ0n) is 16.3. The van der Waals surface area contributed by atoms with Gasteiger partial charge in [-0.25, -0.2) is 4.98 Å². The molecule has 8 nitrogen and oxygen atoms in total. The van der Waals surface area contributed by atoms with E-state index in [1.165, 1.54) is 6.92 Å². The second-order valence-corrected chi connectivity index (χ2v) is 6.43. The zero-order chi connectivity index (χ0) is 20.8. The van der Waals surface area contributed by atoms with Crippen molar-refractivity contribution < 1.29 is 19.1 Å². The molecule has 29 heavy (non-hydrogen) atoms. The molecule has 0 saturated heterocycles. The number of hydrogen-bond donors (Lipinski definition) is 2. The van der Waals surface area contributed by atoms with E-state index in [1.807, 2.05) is 0 Å². The molecule has 2 aromatic heterocycles. The van der Waals surface area contributed by atoms with Gasteiger partial charge in [0.2, 0.25) is 5.82 Å². The van der Waals surface area contributed by atoms with Crippen molar-refractivity contribution in [3.8, 4) is 0 Å². The lowest BCUT2D eigenvalue weighted by atomic mass is 10.1. The Hall–Kier alpha value is -3.52. The molecule has 2 N–H and O–H groups in total. The van der Waals surface area contributed by atoms with E-state index >= 15 is 0 Å². The minimum absolute atomic E-state index is 0.0963. The lowest BCUT2D eigenvalue weighted by Crippen LogP contribution is -2.27. The topological polar surface area (TPSA) is 102 Å². The van der Waals surface area contributed by atoms with Gasteiger partial charge in [-0.3, -0.25) is 18.8 Å². The molecule has 0 aliphatic carbocycles. The summed E-state index contributed by atoms with van der Waals surface area (Å²) >= 11 is 0. The summed E-state index contributed by atoms with van der Waals surface area (Å²) in [6.07, 6.45) is 2.35. The zero-order valence-corrected chi connectivity index (χ0v) is 16.3. The number of fused-ring (bicyclic) bond motifs is 1. The van der Waals surface area contributed by atoms with Gasteiger partial charge in [0.1, 0.15) is 0 Å². The van der Waals surface area contributed by atoms with Crippen molar-refractivity contribution in [1.29, 1.82) is 0 Å². The van der Waals surface area contributed by atoms with Crippen LogP contribution in [0.3, 0.4) is 0 Å². The Morgan fingerprint density at radius 3 is 2.69 bits per heavy atom. The van der Waals surface area contributed by atoms with Gasteiger partial charge in [-0.2, -0.15) is 0 Å². The lowest BCUT2D eigenvalue weighted by Gasteiger charge is -2.05. The van der Waals surface area contributed by atoms with E-state index in [1.54, 1.807) is 60.2 Å². The molecule has 0 spiro atoms. The van der Waals surface area contributed by atoms with Crippen LogP contribution in [0.1, 0.15) is 44.8 Å². The monoisotopic (exact) mass is 394 g/mol. The quantitative estimate of drug-likeness (QED) is 0.452. The average Bonchev–Trinajstić information content (AvgIpc) is 3.11. The summed E-state index contributed by atoms with van der Waals surface area (Å²) in [5.74, 6) is -0.811. The maximum Gasteiger partial charge on any atom is 0.287 e. The van der Waals surface area contributed by atoms with Gasteiger partial charge in [0.05, 0.1) is 5.52 Å². The van der Waals surface area contributed by atoms with E-state index in [2.05, 4.69) is 15.6 Å². The van der Waals surface area contributed by atoms with Crippen molar-refractivity contribution in [3.05, 3.63) is 65.7 Å². The molecule has 0 fully saturated rings. The summed E-state index contributed by atoms with van der Waals surface area (Å²) in [5.41, 5.74) is 1.61. The number of methoxy groups -OCH3 is 1. The second-order valence-electron chi connectivity index (χ2n) is 6.43. The van der Waals surface area contributed by atoms with Crippen molar-refractivity contribution in [2.45, 2.75) is 13.3 Å². The molecule has 0 aliphatic heterocycles. The highest BCUT2D eigenvalue weighted by Gasteiger charge is 2.21. The summed E-state index contributed by atoms with van der Waals surface area (Å²) < 4.78 is 6.54. The van der Waals surface area contributed by atoms with Crippen LogP contribution in [-0.2, 0) is 4.74 Å². The van der Waals surface area contributed by atoms with Gasteiger partial charge in [-0.05, 0) is 37.6 Å². The van der Waals surface area contributed by atoms with Gasteiger partial charge in [0, 0.05) is 37.7 Å².